The molecule has 0 aromatic carbocycles. The Balaban J connectivity index is 2.13. The third-order valence-corrected chi connectivity index (χ3v) is 7.41. The summed E-state index contributed by atoms with van der Waals surface area (Å²) < 4.78 is 42.8. The molecule has 0 aliphatic carbocycles. The van der Waals surface area contributed by atoms with Crippen molar-refractivity contribution in [2.24, 2.45) is 0 Å². The van der Waals surface area contributed by atoms with E-state index in [0.29, 0.717) is 24.3 Å². The van der Waals surface area contributed by atoms with Gasteiger partial charge in [0.05, 0.1) is 16.0 Å². The number of anilines is 1. The van der Waals surface area contributed by atoms with Crippen LogP contribution in [-0.2, 0) is 6.18 Å². The van der Waals surface area contributed by atoms with Crippen molar-refractivity contribution in [2.75, 3.05) is 18.4 Å². The fraction of sp³-hybridized carbons (Fsp3) is 0.600. The molecule has 3 N–H and O–H groups in total. The zero-order valence-electron chi connectivity index (χ0n) is 21.9. The Morgan fingerprint density at radius 2 is 1.92 bits per heavy atom. The SMILES string of the molecule is CCC(C)(C)Nc1cc(C(F)(F)F)c(-c2sc(C(=O)NCC(C)(C)O)nc2C(=O)N2CCCC2C)cn1. The molecule has 37 heavy (non-hydrogen) atoms. The summed E-state index contributed by atoms with van der Waals surface area (Å²) in [5.74, 6) is -1.16. The van der Waals surface area contributed by atoms with E-state index in [-0.39, 0.29) is 39.5 Å². The quantitative estimate of drug-likeness (QED) is 0.437. The van der Waals surface area contributed by atoms with Crippen LogP contribution in [0.3, 0.4) is 0 Å². The molecule has 8 nitrogen and oxygen atoms in total. The van der Waals surface area contributed by atoms with E-state index < -0.39 is 34.7 Å². The van der Waals surface area contributed by atoms with E-state index in [9.17, 15) is 27.9 Å². The van der Waals surface area contributed by atoms with E-state index in [1.54, 1.807) is 4.90 Å². The topological polar surface area (TPSA) is 107 Å². The van der Waals surface area contributed by atoms with Crippen LogP contribution < -0.4 is 10.6 Å². The Labute approximate surface area is 218 Å². The smallest absolute Gasteiger partial charge is 0.389 e. The number of aromatic nitrogens is 2. The highest BCUT2D eigenvalue weighted by atomic mass is 32.1. The van der Waals surface area contributed by atoms with Crippen LogP contribution in [0.25, 0.3) is 10.4 Å². The van der Waals surface area contributed by atoms with Crippen molar-refractivity contribution in [3.63, 3.8) is 0 Å². The first-order chi connectivity index (χ1) is 17.0. The Hall–Kier alpha value is -2.73. The molecule has 2 aromatic rings. The zero-order chi connectivity index (χ0) is 27.8. The van der Waals surface area contributed by atoms with Gasteiger partial charge >= 0.3 is 6.18 Å². The second kappa shape index (κ2) is 10.6. The highest BCUT2D eigenvalue weighted by molar-refractivity contribution is 7.17. The molecule has 12 heteroatoms. The minimum Gasteiger partial charge on any atom is -0.389 e. The summed E-state index contributed by atoms with van der Waals surface area (Å²) in [5.41, 5.74) is -3.20. The normalized spacial score (nSPS) is 16.7. The van der Waals surface area contributed by atoms with Gasteiger partial charge in [-0.2, -0.15) is 13.2 Å². The van der Waals surface area contributed by atoms with Crippen molar-refractivity contribution >= 4 is 29.0 Å². The van der Waals surface area contributed by atoms with Gasteiger partial charge in [0, 0.05) is 36.4 Å². The van der Waals surface area contributed by atoms with E-state index in [1.165, 1.54) is 13.8 Å². The van der Waals surface area contributed by atoms with Gasteiger partial charge in [-0.1, -0.05) is 6.92 Å². The molecule has 0 saturated carbocycles. The Morgan fingerprint density at radius 3 is 2.46 bits per heavy atom. The average molecular weight is 542 g/mol. The van der Waals surface area contributed by atoms with Gasteiger partial charge in [-0.15, -0.1) is 11.3 Å². The lowest BCUT2D eigenvalue weighted by atomic mass is 10.0. The monoisotopic (exact) mass is 541 g/mol. The van der Waals surface area contributed by atoms with E-state index in [4.69, 9.17) is 0 Å². The third kappa shape index (κ3) is 6.98. The lowest BCUT2D eigenvalue weighted by Gasteiger charge is -2.26. The number of nitrogens with one attached hydrogen (secondary N) is 2. The molecular weight excluding hydrogens is 507 g/mol. The van der Waals surface area contributed by atoms with Crippen LogP contribution >= 0.6 is 11.3 Å². The van der Waals surface area contributed by atoms with Crippen molar-refractivity contribution in [3.05, 3.63) is 28.5 Å². The highest BCUT2D eigenvalue weighted by Gasteiger charge is 2.38. The molecule has 1 fully saturated rings. The summed E-state index contributed by atoms with van der Waals surface area (Å²) in [5, 5.41) is 15.3. The summed E-state index contributed by atoms with van der Waals surface area (Å²) in [6, 6.07) is 0.824. The lowest BCUT2D eigenvalue weighted by molar-refractivity contribution is -0.137. The maximum atomic E-state index is 14.3. The molecule has 2 aromatic heterocycles. The van der Waals surface area contributed by atoms with Crippen LogP contribution in [0, 0.1) is 0 Å². The van der Waals surface area contributed by atoms with Crippen molar-refractivity contribution in [3.8, 4) is 10.4 Å². The van der Waals surface area contributed by atoms with Gasteiger partial charge in [-0.25, -0.2) is 9.97 Å². The fourth-order valence-corrected chi connectivity index (χ4v) is 4.86. The molecule has 1 aliphatic rings. The minimum absolute atomic E-state index is 0.0524. The summed E-state index contributed by atoms with van der Waals surface area (Å²) in [6.45, 7) is 10.8. The van der Waals surface area contributed by atoms with Gasteiger partial charge in [0.15, 0.2) is 5.01 Å². The predicted octanol–water partition coefficient (Wildman–Crippen LogP) is 4.95. The van der Waals surface area contributed by atoms with Crippen LogP contribution in [-0.4, -0.2) is 62.1 Å². The summed E-state index contributed by atoms with van der Waals surface area (Å²) >= 11 is 0.701. The first-order valence-corrected chi connectivity index (χ1v) is 13.0. The second-order valence-electron chi connectivity index (χ2n) is 10.7. The Morgan fingerprint density at radius 1 is 1.24 bits per heavy atom. The van der Waals surface area contributed by atoms with Crippen LogP contribution in [0.4, 0.5) is 19.0 Å². The summed E-state index contributed by atoms with van der Waals surface area (Å²) in [7, 11) is 0. The number of rotatable bonds is 8. The molecule has 1 unspecified atom stereocenters. The maximum Gasteiger partial charge on any atom is 0.417 e. The number of hydrogen-bond donors (Lipinski definition) is 3. The molecular formula is C25H34F3N5O3S. The standard InChI is InChI=1S/C25H34F3N5O3S/c1-7-23(3,4)32-17-11-16(25(26,27)28)15(12-29-17)19-18(22(35)33-10-8-9-14(33)2)31-21(37-19)20(34)30-13-24(5,6)36/h11-12,14,36H,7-10,13H2,1-6H3,(H,29,32)(H,30,34). The predicted molar refractivity (Wildman–Crippen MR) is 137 cm³/mol. The number of aliphatic hydroxyl groups is 1. The summed E-state index contributed by atoms with van der Waals surface area (Å²) in [6.07, 6.45) is -1.48. The molecule has 2 amide bonds. The number of carbonyl (C=O) groups is 2. The number of likely N-dealkylation sites (tertiary alicyclic amines) is 1. The number of alkyl halides is 3. The van der Waals surface area contributed by atoms with Gasteiger partial charge in [-0.05, 0) is 59.9 Å². The van der Waals surface area contributed by atoms with Crippen molar-refractivity contribution in [2.45, 2.75) is 84.2 Å². The van der Waals surface area contributed by atoms with Crippen molar-refractivity contribution < 1.29 is 27.9 Å². The van der Waals surface area contributed by atoms with Crippen molar-refractivity contribution in [1.82, 2.24) is 20.2 Å². The van der Waals surface area contributed by atoms with Gasteiger partial charge in [0.25, 0.3) is 11.8 Å². The van der Waals surface area contributed by atoms with Crippen LogP contribution in [0.2, 0.25) is 0 Å². The van der Waals surface area contributed by atoms with Gasteiger partial charge in [0.2, 0.25) is 0 Å². The minimum atomic E-state index is -4.75. The number of nitrogens with zero attached hydrogens (tertiary/aromatic N) is 3. The van der Waals surface area contributed by atoms with Crippen LogP contribution in [0.5, 0.6) is 0 Å². The van der Waals surface area contributed by atoms with Crippen LogP contribution in [0.1, 0.15) is 86.7 Å². The van der Waals surface area contributed by atoms with Crippen LogP contribution in [0.15, 0.2) is 12.3 Å². The molecule has 1 aliphatic heterocycles. The first kappa shape index (κ1) is 28.8. The zero-order valence-corrected chi connectivity index (χ0v) is 22.7. The molecule has 3 rings (SSSR count). The van der Waals surface area contributed by atoms with E-state index in [0.717, 1.165) is 25.1 Å². The van der Waals surface area contributed by atoms with Gasteiger partial charge < -0.3 is 20.6 Å². The highest BCUT2D eigenvalue weighted by Crippen LogP contribution is 2.42. The van der Waals surface area contributed by atoms with Gasteiger partial charge in [0.1, 0.15) is 11.5 Å². The number of halogens is 3. The number of thiazole rings is 1. The van der Waals surface area contributed by atoms with Crippen molar-refractivity contribution in [1.29, 1.82) is 0 Å². The molecule has 0 bridgehead atoms. The molecule has 3 heterocycles. The number of amides is 2. The molecule has 1 saturated heterocycles. The molecule has 0 spiro atoms. The average Bonchev–Trinajstić information content (AvgIpc) is 3.42. The fourth-order valence-electron chi connectivity index (χ4n) is 3.86. The number of carbonyl (C=O) groups excluding carboxylic acids is 2. The largest absolute Gasteiger partial charge is 0.417 e. The molecule has 204 valence electrons. The van der Waals surface area contributed by atoms with Gasteiger partial charge in [-0.3, -0.25) is 9.59 Å². The van der Waals surface area contributed by atoms with E-state index >= 15 is 0 Å². The maximum absolute atomic E-state index is 14.3. The number of hydrogen-bond acceptors (Lipinski definition) is 7. The van der Waals surface area contributed by atoms with E-state index in [2.05, 4.69) is 20.6 Å². The lowest BCUT2D eigenvalue weighted by Crippen LogP contribution is -2.38. The Bertz CT molecular complexity index is 1160. The number of pyridine rings is 1. The first-order valence-electron chi connectivity index (χ1n) is 12.2. The van der Waals surface area contributed by atoms with E-state index in [1.807, 2.05) is 27.7 Å². The third-order valence-electron chi connectivity index (χ3n) is 6.32. The Kier molecular flexibility index (Phi) is 8.23. The molecule has 0 radical (unpaired) electrons. The summed E-state index contributed by atoms with van der Waals surface area (Å²) in [4.78, 5) is 36.1. The second-order valence-corrected chi connectivity index (χ2v) is 11.7. The molecule has 1 atom stereocenters.